The summed E-state index contributed by atoms with van der Waals surface area (Å²) in [6, 6.07) is 7.33. The third-order valence-electron chi connectivity index (χ3n) is 4.83. The van der Waals surface area contributed by atoms with Crippen molar-refractivity contribution in [3.63, 3.8) is 0 Å². The second-order valence-corrected chi connectivity index (χ2v) is 6.83. The van der Waals surface area contributed by atoms with E-state index in [0.29, 0.717) is 29.3 Å². The lowest BCUT2D eigenvalue weighted by molar-refractivity contribution is -0.121. The Morgan fingerprint density at radius 2 is 2.12 bits per heavy atom. The van der Waals surface area contributed by atoms with E-state index in [2.05, 4.69) is 20.8 Å². The molecule has 4 rings (SSSR count). The molecule has 2 aliphatic rings. The summed E-state index contributed by atoms with van der Waals surface area (Å²) in [5.74, 6) is 2.91. The molecular formula is C18H22N4O3. The normalized spacial score (nSPS) is 18.4. The van der Waals surface area contributed by atoms with Gasteiger partial charge < -0.3 is 19.9 Å². The van der Waals surface area contributed by atoms with Crippen LogP contribution in [0.4, 0.5) is 5.69 Å². The van der Waals surface area contributed by atoms with Gasteiger partial charge in [-0.05, 0) is 56.1 Å². The van der Waals surface area contributed by atoms with E-state index in [1.54, 1.807) is 0 Å². The summed E-state index contributed by atoms with van der Waals surface area (Å²) in [4.78, 5) is 16.5. The molecule has 132 valence electrons. The average molecular weight is 342 g/mol. The summed E-state index contributed by atoms with van der Waals surface area (Å²) in [5, 5.41) is 10.1. The third kappa shape index (κ3) is 3.82. The molecule has 1 unspecified atom stereocenters. The van der Waals surface area contributed by atoms with Gasteiger partial charge in [0, 0.05) is 17.5 Å². The zero-order valence-electron chi connectivity index (χ0n) is 14.2. The predicted molar refractivity (Wildman–Crippen MR) is 91.2 cm³/mol. The van der Waals surface area contributed by atoms with Crippen molar-refractivity contribution in [2.75, 3.05) is 18.4 Å². The van der Waals surface area contributed by atoms with Crippen molar-refractivity contribution in [1.82, 2.24) is 15.5 Å². The molecule has 1 aliphatic heterocycles. The summed E-state index contributed by atoms with van der Waals surface area (Å²) < 4.78 is 10.9. The number of aromatic nitrogens is 2. The number of nitrogens with one attached hydrogen (secondary N) is 2. The molecule has 7 nitrogen and oxygen atoms in total. The van der Waals surface area contributed by atoms with Gasteiger partial charge in [0.1, 0.15) is 5.75 Å². The fourth-order valence-electron chi connectivity index (χ4n) is 2.74. The van der Waals surface area contributed by atoms with Crippen LogP contribution in [-0.2, 0) is 11.4 Å². The standard InChI is InChI=1S/C18H22N4O3/c1-11(13-8-19-9-13)17(23)20-14-4-6-15(7-5-14)24-10-16-21-18(25-22-16)12-2-3-12/h4-7,11-13,19H,2-3,8-10H2,1H3,(H,20,23). The first-order valence-corrected chi connectivity index (χ1v) is 8.76. The van der Waals surface area contributed by atoms with Crippen LogP contribution in [0, 0.1) is 11.8 Å². The maximum absolute atomic E-state index is 12.2. The van der Waals surface area contributed by atoms with Crippen LogP contribution in [0.1, 0.15) is 37.4 Å². The topological polar surface area (TPSA) is 89.3 Å². The Labute approximate surface area is 146 Å². The van der Waals surface area contributed by atoms with Crippen LogP contribution < -0.4 is 15.4 Å². The van der Waals surface area contributed by atoms with Gasteiger partial charge in [-0.25, -0.2) is 0 Å². The molecule has 1 saturated heterocycles. The number of anilines is 1. The van der Waals surface area contributed by atoms with Gasteiger partial charge >= 0.3 is 0 Å². The molecule has 1 atom stereocenters. The number of nitrogens with zero attached hydrogens (tertiary/aromatic N) is 2. The van der Waals surface area contributed by atoms with Gasteiger partial charge in [-0.3, -0.25) is 4.79 Å². The van der Waals surface area contributed by atoms with Gasteiger partial charge in [-0.2, -0.15) is 4.98 Å². The van der Waals surface area contributed by atoms with Gasteiger partial charge in [-0.15, -0.1) is 0 Å². The minimum absolute atomic E-state index is 0.0103. The van der Waals surface area contributed by atoms with Gasteiger partial charge in [0.2, 0.25) is 17.6 Å². The zero-order valence-corrected chi connectivity index (χ0v) is 14.2. The maximum atomic E-state index is 12.2. The fourth-order valence-corrected chi connectivity index (χ4v) is 2.74. The first kappa shape index (κ1) is 16.1. The molecule has 2 aromatic rings. The van der Waals surface area contributed by atoms with Crippen LogP contribution >= 0.6 is 0 Å². The molecule has 25 heavy (non-hydrogen) atoms. The zero-order chi connectivity index (χ0) is 17.2. The Balaban J connectivity index is 1.28. The molecule has 1 aliphatic carbocycles. The van der Waals surface area contributed by atoms with E-state index < -0.39 is 0 Å². The molecule has 1 saturated carbocycles. The average Bonchev–Trinajstić information content (AvgIpc) is 3.31. The van der Waals surface area contributed by atoms with Crippen LogP contribution in [-0.4, -0.2) is 29.1 Å². The van der Waals surface area contributed by atoms with E-state index in [1.165, 1.54) is 0 Å². The number of carbonyl (C=O) groups excluding carboxylic acids is 1. The number of hydrogen-bond acceptors (Lipinski definition) is 6. The molecule has 2 heterocycles. The lowest BCUT2D eigenvalue weighted by Gasteiger charge is -2.31. The third-order valence-corrected chi connectivity index (χ3v) is 4.83. The Morgan fingerprint density at radius 1 is 1.36 bits per heavy atom. The summed E-state index contributed by atoms with van der Waals surface area (Å²) in [7, 11) is 0. The van der Waals surface area contributed by atoms with E-state index in [9.17, 15) is 4.79 Å². The van der Waals surface area contributed by atoms with Crippen LogP contribution in [0.2, 0.25) is 0 Å². The maximum Gasteiger partial charge on any atom is 0.229 e. The van der Waals surface area contributed by atoms with Crippen LogP contribution in [0.15, 0.2) is 28.8 Å². The highest BCUT2D eigenvalue weighted by atomic mass is 16.5. The second kappa shape index (κ2) is 6.84. The van der Waals surface area contributed by atoms with E-state index in [4.69, 9.17) is 9.26 Å². The first-order valence-electron chi connectivity index (χ1n) is 8.76. The molecule has 0 bridgehead atoms. The number of rotatable bonds is 7. The summed E-state index contributed by atoms with van der Waals surface area (Å²) >= 11 is 0. The molecule has 0 spiro atoms. The first-order chi connectivity index (χ1) is 12.2. The Hall–Kier alpha value is -2.41. The molecule has 1 amide bonds. The van der Waals surface area contributed by atoms with Crippen molar-refractivity contribution in [2.45, 2.75) is 32.3 Å². The Kier molecular flexibility index (Phi) is 4.40. The Morgan fingerprint density at radius 3 is 2.76 bits per heavy atom. The van der Waals surface area contributed by atoms with Gasteiger partial charge in [-0.1, -0.05) is 12.1 Å². The molecule has 2 N–H and O–H groups in total. The van der Waals surface area contributed by atoms with E-state index in [-0.39, 0.29) is 18.4 Å². The summed E-state index contributed by atoms with van der Waals surface area (Å²) in [6.45, 7) is 4.08. The minimum Gasteiger partial charge on any atom is -0.485 e. The molecule has 0 radical (unpaired) electrons. The fraction of sp³-hybridized carbons (Fsp3) is 0.500. The van der Waals surface area contributed by atoms with Gasteiger partial charge in [0.15, 0.2) is 6.61 Å². The number of amides is 1. The monoisotopic (exact) mass is 342 g/mol. The number of carbonyl (C=O) groups is 1. The van der Waals surface area contributed by atoms with Gasteiger partial charge in [0.05, 0.1) is 0 Å². The smallest absolute Gasteiger partial charge is 0.229 e. The lowest BCUT2D eigenvalue weighted by atomic mass is 9.88. The number of ether oxygens (including phenoxy) is 1. The lowest BCUT2D eigenvalue weighted by Crippen LogP contribution is -2.48. The highest BCUT2D eigenvalue weighted by Crippen LogP contribution is 2.38. The summed E-state index contributed by atoms with van der Waals surface area (Å²) in [5.41, 5.74) is 0.770. The van der Waals surface area contributed by atoms with Gasteiger partial charge in [0.25, 0.3) is 0 Å². The minimum atomic E-state index is 0.0103. The second-order valence-electron chi connectivity index (χ2n) is 6.83. The van der Waals surface area contributed by atoms with Crippen molar-refractivity contribution in [2.24, 2.45) is 11.8 Å². The van der Waals surface area contributed by atoms with E-state index in [1.807, 2.05) is 31.2 Å². The van der Waals surface area contributed by atoms with Crippen LogP contribution in [0.3, 0.4) is 0 Å². The van der Waals surface area contributed by atoms with Crippen molar-refractivity contribution in [3.05, 3.63) is 36.0 Å². The van der Waals surface area contributed by atoms with Crippen LogP contribution in [0.5, 0.6) is 5.75 Å². The molecular weight excluding hydrogens is 320 g/mol. The van der Waals surface area contributed by atoms with Crippen molar-refractivity contribution in [1.29, 1.82) is 0 Å². The quantitative estimate of drug-likeness (QED) is 0.803. The number of hydrogen-bond donors (Lipinski definition) is 2. The largest absolute Gasteiger partial charge is 0.485 e. The van der Waals surface area contributed by atoms with E-state index in [0.717, 1.165) is 31.6 Å². The summed E-state index contributed by atoms with van der Waals surface area (Å²) in [6.07, 6.45) is 2.26. The predicted octanol–water partition coefficient (Wildman–Crippen LogP) is 2.32. The number of benzene rings is 1. The highest BCUT2D eigenvalue weighted by Gasteiger charge is 2.30. The highest BCUT2D eigenvalue weighted by molar-refractivity contribution is 5.92. The molecule has 7 heteroatoms. The van der Waals surface area contributed by atoms with Crippen molar-refractivity contribution in [3.8, 4) is 5.75 Å². The van der Waals surface area contributed by atoms with E-state index >= 15 is 0 Å². The molecule has 2 fully saturated rings. The van der Waals surface area contributed by atoms with Crippen molar-refractivity contribution >= 4 is 11.6 Å². The Bertz CT molecular complexity index is 735. The van der Waals surface area contributed by atoms with Crippen molar-refractivity contribution < 1.29 is 14.1 Å². The SMILES string of the molecule is CC(C(=O)Nc1ccc(OCc2noc(C3CC3)n2)cc1)C1CNC1. The molecule has 1 aromatic carbocycles. The molecule has 1 aromatic heterocycles. The van der Waals surface area contributed by atoms with Crippen LogP contribution in [0.25, 0.3) is 0 Å².